The van der Waals surface area contributed by atoms with Crippen molar-refractivity contribution in [1.29, 1.82) is 0 Å². The van der Waals surface area contributed by atoms with Gasteiger partial charge in [0, 0.05) is 4.91 Å². The van der Waals surface area contributed by atoms with Crippen molar-refractivity contribution < 1.29 is 60.6 Å². The molecule has 4 heterocycles. The first-order chi connectivity index (χ1) is 33.4. The quantitative estimate of drug-likeness (QED) is 0.0221. The van der Waals surface area contributed by atoms with Crippen LogP contribution in [0, 0.1) is 0 Å². The van der Waals surface area contributed by atoms with Crippen LogP contribution in [0.4, 0.5) is 0 Å². The molecular weight excluding hydrogens is 969 g/mol. The predicted octanol–water partition coefficient (Wildman–Crippen LogP) is 7.23. The largest absolute Gasteiger partial charge is 0.461 e. The van der Waals surface area contributed by atoms with Gasteiger partial charge in [-0.25, -0.2) is 4.79 Å². The fourth-order valence-electron chi connectivity index (χ4n) is 10.7. The molecule has 4 rings (SSSR count). The monoisotopic (exact) mass is 1060 g/mol. The van der Waals surface area contributed by atoms with Gasteiger partial charge < -0.3 is 57.3 Å². The number of esters is 1. The minimum Gasteiger partial charge on any atom is -0.461 e. The number of hydrogen-bond donors (Lipinski definition) is 3. The van der Waals surface area contributed by atoms with Gasteiger partial charge in [-0.2, -0.15) is 0 Å². The van der Waals surface area contributed by atoms with E-state index in [9.17, 15) is 24.7 Å². The average molecular weight is 1060 g/mol. The standard InChI is InChI=1S/C47H90N6O13Si4/c1-15-67(16-2,17-3)63-36-32(27-59-41(36)45(55)51-34-29-61-43(47(57)62-31(13)14)38(34)65-69(21-7,22-8)23-9)49-44(54)40-37(64-68(18-4,19-5)20-6)33(28-58-40)50-46(56)42-39(35(30-60-42)52-53-48)66-70(24-10,25-11)26-12/h31-43H,15-30H2,1-14H3,(H,49,54)(H,50,56)(H,51,55)/t32-,33-,34-,35-,36+,37+,38+,39+,40-,41-,42-,43-/m0/s1. The fraction of sp³-hybridized carbons (Fsp3) is 0.915. The van der Waals surface area contributed by atoms with Crippen LogP contribution in [-0.4, -0.2) is 162 Å². The van der Waals surface area contributed by atoms with Gasteiger partial charge in [-0.1, -0.05) is 88.2 Å². The van der Waals surface area contributed by atoms with Crippen LogP contribution in [0.1, 0.15) is 96.9 Å². The second-order valence-electron chi connectivity index (χ2n) is 19.9. The maximum Gasteiger partial charge on any atom is 0.338 e. The van der Waals surface area contributed by atoms with Crippen molar-refractivity contribution in [2.24, 2.45) is 5.11 Å². The Hall–Kier alpha value is -2.26. The van der Waals surface area contributed by atoms with E-state index < -0.39 is 130 Å². The van der Waals surface area contributed by atoms with Crippen molar-refractivity contribution in [2.75, 3.05) is 26.4 Å². The predicted molar refractivity (Wildman–Crippen MR) is 277 cm³/mol. The number of azide groups is 1. The third-order valence-corrected chi connectivity index (χ3v) is 34.9. The molecule has 12 atom stereocenters. The van der Waals surface area contributed by atoms with Crippen LogP contribution >= 0.6 is 0 Å². The molecule has 0 spiro atoms. The van der Waals surface area contributed by atoms with E-state index in [2.05, 4.69) is 109 Å². The Bertz CT molecular complexity index is 1720. The van der Waals surface area contributed by atoms with Crippen molar-refractivity contribution in [2.45, 2.75) is 249 Å². The first-order valence-corrected chi connectivity index (χ1v) is 36.8. The van der Waals surface area contributed by atoms with Gasteiger partial charge in [0.25, 0.3) is 17.7 Å². The van der Waals surface area contributed by atoms with E-state index in [0.29, 0.717) is 0 Å². The van der Waals surface area contributed by atoms with E-state index in [0.717, 1.165) is 72.5 Å². The summed E-state index contributed by atoms with van der Waals surface area (Å²) in [4.78, 5) is 60.3. The first-order valence-electron chi connectivity index (χ1n) is 26.7. The Morgan fingerprint density at radius 2 is 0.757 bits per heavy atom. The number of carbonyl (C=O) groups excluding carboxylic acids is 4. The smallest absolute Gasteiger partial charge is 0.338 e. The lowest BCUT2D eigenvalue weighted by atomic mass is 10.0. The molecule has 0 radical (unpaired) electrons. The molecule has 0 aromatic heterocycles. The minimum atomic E-state index is -2.44. The molecule has 0 unspecified atom stereocenters. The molecule has 0 saturated carbocycles. The van der Waals surface area contributed by atoms with Crippen LogP contribution in [0.25, 0.3) is 10.4 Å². The topological polar surface area (TPSA) is 236 Å². The van der Waals surface area contributed by atoms with E-state index in [1.807, 2.05) is 0 Å². The third-order valence-electron chi connectivity index (χ3n) is 16.4. The Balaban J connectivity index is 1.64. The zero-order valence-corrected chi connectivity index (χ0v) is 49.0. The van der Waals surface area contributed by atoms with Crippen molar-refractivity contribution in [1.82, 2.24) is 16.0 Å². The normalized spacial score (nSPS) is 29.5. The highest BCUT2D eigenvalue weighted by Crippen LogP contribution is 2.35. The summed E-state index contributed by atoms with van der Waals surface area (Å²) in [6.45, 7) is 28.8. The summed E-state index contributed by atoms with van der Waals surface area (Å²) in [6.07, 6.45) is -7.90. The molecule has 70 heavy (non-hydrogen) atoms. The lowest BCUT2D eigenvalue weighted by molar-refractivity contribution is -0.161. The molecule has 4 fully saturated rings. The summed E-state index contributed by atoms with van der Waals surface area (Å²) in [5.74, 6) is -1.90. The summed E-state index contributed by atoms with van der Waals surface area (Å²) in [6, 6.07) is 6.88. The van der Waals surface area contributed by atoms with Crippen molar-refractivity contribution in [3.63, 3.8) is 0 Å². The number of amides is 3. The van der Waals surface area contributed by atoms with Crippen LogP contribution in [0.5, 0.6) is 0 Å². The summed E-state index contributed by atoms with van der Waals surface area (Å²) < 4.78 is 58.3. The molecule has 0 aromatic carbocycles. The second-order valence-corrected chi connectivity index (χ2v) is 38.8. The highest BCUT2D eigenvalue weighted by Gasteiger charge is 2.54. The lowest BCUT2D eigenvalue weighted by Crippen LogP contribution is -2.60. The lowest BCUT2D eigenvalue weighted by Gasteiger charge is -2.37. The van der Waals surface area contributed by atoms with Crippen molar-refractivity contribution in [3.8, 4) is 0 Å². The van der Waals surface area contributed by atoms with Crippen LogP contribution in [-0.2, 0) is 60.6 Å². The Morgan fingerprint density at radius 3 is 1.06 bits per heavy atom. The Morgan fingerprint density at radius 1 is 0.486 bits per heavy atom. The SMILES string of the molecule is CC[Si](CC)(CC)O[C@@H]1[C@@H](N=[N+]=[N-])CO[C@@H]1C(=O)N[C@H]1CO[C@H](C(=O)N[C@H]2CO[C@H](C(=O)N[C@H]3CO[C@H](C(=O)OC(C)C)[C@@H]3O[Si](CC)(CC)CC)[C@@H]2O[Si](CC)(CC)CC)[C@@H]1O[Si](CC)(CC)CC. The van der Waals surface area contributed by atoms with Gasteiger partial charge in [-0.15, -0.1) is 0 Å². The van der Waals surface area contributed by atoms with Crippen LogP contribution in [0.15, 0.2) is 5.11 Å². The van der Waals surface area contributed by atoms with Crippen LogP contribution in [0.3, 0.4) is 0 Å². The number of hydrogen-bond acceptors (Lipinski definition) is 14. The van der Waals surface area contributed by atoms with E-state index in [1.165, 1.54) is 0 Å². The molecule has 4 aliphatic rings. The highest BCUT2D eigenvalue weighted by molar-refractivity contribution is 6.74. The summed E-state index contributed by atoms with van der Waals surface area (Å²) >= 11 is 0. The molecule has 3 amide bonds. The van der Waals surface area contributed by atoms with Crippen LogP contribution < -0.4 is 16.0 Å². The molecule has 4 aliphatic heterocycles. The number of ether oxygens (including phenoxy) is 5. The van der Waals surface area contributed by atoms with E-state index in [4.69, 9.17) is 41.4 Å². The van der Waals surface area contributed by atoms with Gasteiger partial charge in [-0.3, -0.25) is 14.4 Å². The summed E-state index contributed by atoms with van der Waals surface area (Å²) in [5, 5.41) is 13.4. The van der Waals surface area contributed by atoms with E-state index >= 15 is 0 Å². The van der Waals surface area contributed by atoms with Gasteiger partial charge in [0.1, 0.15) is 18.3 Å². The fourth-order valence-corrected chi connectivity index (χ4v) is 22.1. The van der Waals surface area contributed by atoms with Gasteiger partial charge in [0.05, 0.1) is 62.8 Å². The zero-order chi connectivity index (χ0) is 52.0. The molecule has 0 aromatic rings. The number of carbonyl (C=O) groups is 4. The molecule has 19 nitrogen and oxygen atoms in total. The van der Waals surface area contributed by atoms with E-state index in [1.54, 1.807) is 13.8 Å². The molecule has 402 valence electrons. The maximum atomic E-state index is 14.8. The Kier molecular flexibility index (Phi) is 23.5. The van der Waals surface area contributed by atoms with Crippen molar-refractivity contribution >= 4 is 57.0 Å². The Labute approximate surface area is 422 Å². The first kappa shape index (κ1) is 60.3. The molecule has 4 saturated heterocycles. The summed E-state index contributed by atoms with van der Waals surface area (Å²) in [5.41, 5.74) is 9.42. The number of rotatable bonds is 29. The molecule has 3 N–H and O–H groups in total. The number of nitrogens with one attached hydrogen (secondary N) is 3. The van der Waals surface area contributed by atoms with Gasteiger partial charge in [0.15, 0.2) is 57.7 Å². The number of nitrogens with zero attached hydrogens (tertiary/aromatic N) is 3. The van der Waals surface area contributed by atoms with Gasteiger partial charge in [-0.05, 0) is 91.9 Å². The average Bonchev–Trinajstić information content (AvgIpc) is 4.16. The second kappa shape index (κ2) is 27.3. The zero-order valence-electron chi connectivity index (χ0n) is 45.0. The van der Waals surface area contributed by atoms with E-state index in [-0.39, 0.29) is 32.5 Å². The minimum absolute atomic E-state index is 0.00794. The molecule has 23 heteroatoms. The molecule has 0 aliphatic carbocycles. The van der Waals surface area contributed by atoms with Crippen LogP contribution in [0.2, 0.25) is 72.5 Å². The summed E-state index contributed by atoms with van der Waals surface area (Å²) in [7, 11) is -9.47. The highest BCUT2D eigenvalue weighted by atomic mass is 28.4. The molecule has 0 bridgehead atoms. The van der Waals surface area contributed by atoms with Gasteiger partial charge in [0.2, 0.25) is 0 Å². The molecular formula is C47H90N6O13Si4. The van der Waals surface area contributed by atoms with Gasteiger partial charge >= 0.3 is 5.97 Å². The van der Waals surface area contributed by atoms with Crippen molar-refractivity contribution in [3.05, 3.63) is 10.4 Å². The maximum absolute atomic E-state index is 14.8. The third kappa shape index (κ3) is 13.9.